The van der Waals surface area contributed by atoms with E-state index < -0.39 is 6.10 Å². The van der Waals surface area contributed by atoms with Crippen LogP contribution < -0.4 is 14.8 Å². The predicted molar refractivity (Wildman–Crippen MR) is 107 cm³/mol. The lowest BCUT2D eigenvalue weighted by Crippen LogP contribution is -2.36. The third-order valence-corrected chi connectivity index (χ3v) is 5.39. The van der Waals surface area contributed by atoms with Crippen LogP contribution in [0.3, 0.4) is 0 Å². The Morgan fingerprint density at radius 1 is 1.18 bits per heavy atom. The van der Waals surface area contributed by atoms with Gasteiger partial charge < -0.3 is 14.8 Å². The Morgan fingerprint density at radius 3 is 2.64 bits per heavy atom. The molecule has 0 saturated carbocycles. The summed E-state index contributed by atoms with van der Waals surface area (Å²) in [6.07, 6.45) is 4.21. The van der Waals surface area contributed by atoms with Gasteiger partial charge in [0.1, 0.15) is 11.5 Å². The highest BCUT2D eigenvalue weighted by atomic mass is 32.1. The molecule has 1 aromatic carbocycles. The third-order valence-electron chi connectivity index (χ3n) is 4.59. The minimum atomic E-state index is -0.432. The minimum Gasteiger partial charge on any atom is -0.481 e. The Morgan fingerprint density at radius 2 is 1.93 bits per heavy atom. The number of fused-ring (bicyclic) bond motifs is 1. The highest BCUT2D eigenvalue weighted by Gasteiger charge is 2.22. The van der Waals surface area contributed by atoms with Crippen LogP contribution in [-0.2, 0) is 10.2 Å². The van der Waals surface area contributed by atoms with Crippen LogP contribution in [0, 0.1) is 0 Å². The van der Waals surface area contributed by atoms with Crippen molar-refractivity contribution in [2.45, 2.75) is 51.6 Å². The molecule has 0 bridgehead atoms. The van der Waals surface area contributed by atoms with Crippen LogP contribution in [0.1, 0.15) is 45.7 Å². The van der Waals surface area contributed by atoms with Gasteiger partial charge in [-0.2, -0.15) is 0 Å². The number of rotatable bonds is 4. The summed E-state index contributed by atoms with van der Waals surface area (Å²) < 4.78 is 13.4. The molecular weight excluding hydrogens is 376 g/mol. The Labute approximate surface area is 167 Å². The van der Waals surface area contributed by atoms with Crippen LogP contribution >= 0.6 is 11.3 Å². The highest BCUT2D eigenvalue weighted by molar-refractivity contribution is 7.18. The Bertz CT molecular complexity index is 940. The second-order valence-corrected chi connectivity index (χ2v) is 8.86. The van der Waals surface area contributed by atoms with Crippen LogP contribution in [0.5, 0.6) is 16.7 Å². The molecule has 1 fully saturated rings. The van der Waals surface area contributed by atoms with Gasteiger partial charge in [-0.3, -0.25) is 4.79 Å². The second-order valence-electron chi connectivity index (χ2n) is 7.94. The maximum atomic E-state index is 12.0. The van der Waals surface area contributed by atoms with E-state index in [1.165, 1.54) is 11.3 Å². The topological polar surface area (TPSA) is 77.8 Å². The van der Waals surface area contributed by atoms with E-state index in [2.05, 4.69) is 36.2 Å². The fourth-order valence-electron chi connectivity index (χ4n) is 2.96. The van der Waals surface area contributed by atoms with Crippen molar-refractivity contribution in [2.24, 2.45) is 0 Å². The van der Waals surface area contributed by atoms with Gasteiger partial charge in [-0.15, -0.1) is 5.10 Å². The molecule has 0 spiro atoms. The lowest BCUT2D eigenvalue weighted by Gasteiger charge is -2.16. The number of hydrogen-bond acceptors (Lipinski definition) is 6. The standard InChI is InChI=1S/C20H24N4O3S/c1-20(2,3)16-12-24-18(22-16)28-19(23-24)27-14-9-7-13(8-10-14)26-15-6-4-5-11-21-17(15)25/h7-10,12,15H,4-6,11H2,1-3H3,(H,21,25). The predicted octanol–water partition coefficient (Wildman–Crippen LogP) is 3.93. The molecular formula is C20H24N4O3S. The Kier molecular flexibility index (Phi) is 4.97. The monoisotopic (exact) mass is 400 g/mol. The summed E-state index contributed by atoms with van der Waals surface area (Å²) in [7, 11) is 0. The van der Waals surface area contributed by atoms with Gasteiger partial charge in [0.25, 0.3) is 11.1 Å². The highest BCUT2D eigenvalue weighted by Crippen LogP contribution is 2.30. The van der Waals surface area contributed by atoms with E-state index >= 15 is 0 Å². The van der Waals surface area contributed by atoms with Gasteiger partial charge in [0.2, 0.25) is 4.96 Å². The summed E-state index contributed by atoms with van der Waals surface area (Å²) in [5, 5.41) is 7.85. The van der Waals surface area contributed by atoms with Crippen LogP contribution in [-0.4, -0.2) is 33.2 Å². The van der Waals surface area contributed by atoms with Crippen LogP contribution in [0.15, 0.2) is 30.5 Å². The molecule has 1 amide bonds. The van der Waals surface area contributed by atoms with Crippen molar-refractivity contribution < 1.29 is 14.3 Å². The second kappa shape index (κ2) is 7.43. The molecule has 7 nitrogen and oxygen atoms in total. The van der Waals surface area contributed by atoms with E-state index in [1.807, 2.05) is 30.5 Å². The average molecular weight is 401 g/mol. The van der Waals surface area contributed by atoms with Gasteiger partial charge in [0, 0.05) is 12.0 Å². The van der Waals surface area contributed by atoms with Crippen molar-refractivity contribution in [1.82, 2.24) is 19.9 Å². The first-order chi connectivity index (χ1) is 13.4. The van der Waals surface area contributed by atoms with Crippen molar-refractivity contribution in [3.05, 3.63) is 36.2 Å². The van der Waals surface area contributed by atoms with E-state index in [-0.39, 0.29) is 11.3 Å². The number of aromatic nitrogens is 3. The number of nitrogens with zero attached hydrogens (tertiary/aromatic N) is 3. The van der Waals surface area contributed by atoms with Gasteiger partial charge in [-0.05, 0) is 54.9 Å². The van der Waals surface area contributed by atoms with Crippen molar-refractivity contribution in [3.8, 4) is 16.7 Å². The molecule has 2 aromatic heterocycles. The quantitative estimate of drug-likeness (QED) is 0.718. The molecule has 1 aliphatic rings. The summed E-state index contributed by atoms with van der Waals surface area (Å²) in [6, 6.07) is 7.25. The summed E-state index contributed by atoms with van der Waals surface area (Å²) >= 11 is 1.40. The van der Waals surface area contributed by atoms with Gasteiger partial charge >= 0.3 is 0 Å². The summed E-state index contributed by atoms with van der Waals surface area (Å²) in [5.41, 5.74) is 0.986. The summed E-state index contributed by atoms with van der Waals surface area (Å²) in [6.45, 7) is 7.09. The summed E-state index contributed by atoms with van der Waals surface area (Å²) in [4.78, 5) is 17.4. The number of amides is 1. The number of benzene rings is 1. The molecule has 1 atom stereocenters. The van der Waals surface area contributed by atoms with Crippen molar-refractivity contribution in [1.29, 1.82) is 0 Å². The Hall–Kier alpha value is -2.61. The first kappa shape index (κ1) is 18.7. The maximum Gasteiger partial charge on any atom is 0.299 e. The maximum absolute atomic E-state index is 12.0. The number of carbonyl (C=O) groups excluding carboxylic acids is 1. The van der Waals surface area contributed by atoms with Gasteiger partial charge in [0.05, 0.1) is 11.9 Å². The van der Waals surface area contributed by atoms with Crippen molar-refractivity contribution >= 4 is 22.2 Å². The smallest absolute Gasteiger partial charge is 0.299 e. The van der Waals surface area contributed by atoms with E-state index in [0.717, 1.165) is 36.5 Å². The van der Waals surface area contributed by atoms with Crippen LogP contribution in [0.2, 0.25) is 0 Å². The third kappa shape index (κ3) is 4.11. The number of ether oxygens (including phenoxy) is 2. The average Bonchev–Trinajstić information content (AvgIpc) is 3.13. The molecule has 1 aliphatic heterocycles. The number of nitrogens with one attached hydrogen (secondary N) is 1. The molecule has 148 valence electrons. The number of imidazole rings is 1. The molecule has 1 unspecified atom stereocenters. The zero-order chi connectivity index (χ0) is 19.7. The SMILES string of the molecule is CC(C)(C)c1cn2nc(Oc3ccc(OC4CCCCNC4=O)cc3)sc2n1. The van der Waals surface area contributed by atoms with Crippen molar-refractivity contribution in [3.63, 3.8) is 0 Å². The largest absolute Gasteiger partial charge is 0.481 e. The van der Waals surface area contributed by atoms with Gasteiger partial charge in [-0.25, -0.2) is 9.50 Å². The fourth-order valence-corrected chi connectivity index (χ4v) is 3.71. The normalized spacial score (nSPS) is 18.0. The van der Waals surface area contributed by atoms with E-state index in [4.69, 9.17) is 9.47 Å². The molecule has 28 heavy (non-hydrogen) atoms. The zero-order valence-electron chi connectivity index (χ0n) is 16.3. The molecule has 1 N–H and O–H groups in total. The van der Waals surface area contributed by atoms with E-state index in [9.17, 15) is 4.79 Å². The van der Waals surface area contributed by atoms with E-state index in [1.54, 1.807) is 4.52 Å². The lowest BCUT2D eigenvalue weighted by atomic mass is 9.93. The Balaban J connectivity index is 1.42. The lowest BCUT2D eigenvalue weighted by molar-refractivity contribution is -0.127. The summed E-state index contributed by atoms with van der Waals surface area (Å²) in [5.74, 6) is 1.27. The zero-order valence-corrected chi connectivity index (χ0v) is 17.1. The molecule has 1 saturated heterocycles. The van der Waals surface area contributed by atoms with Gasteiger partial charge in [-0.1, -0.05) is 20.8 Å². The molecule has 8 heteroatoms. The molecule has 3 aromatic rings. The van der Waals surface area contributed by atoms with E-state index in [0.29, 0.717) is 16.7 Å². The molecule has 0 radical (unpaired) electrons. The number of hydrogen-bond donors (Lipinski definition) is 1. The first-order valence-corrected chi connectivity index (χ1v) is 10.3. The van der Waals surface area contributed by atoms with Crippen molar-refractivity contribution in [2.75, 3.05) is 6.54 Å². The molecule has 3 heterocycles. The van der Waals surface area contributed by atoms with Crippen LogP contribution in [0.25, 0.3) is 4.96 Å². The molecule has 0 aliphatic carbocycles. The van der Waals surface area contributed by atoms with Crippen LogP contribution in [0.4, 0.5) is 0 Å². The number of carbonyl (C=O) groups is 1. The molecule has 4 rings (SSSR count). The minimum absolute atomic E-state index is 0.0154. The first-order valence-electron chi connectivity index (χ1n) is 9.47. The van der Waals surface area contributed by atoms with Gasteiger partial charge in [0.15, 0.2) is 6.10 Å². The fraction of sp³-hybridized carbons (Fsp3) is 0.450.